The zero-order valence-corrected chi connectivity index (χ0v) is 14.4. The van der Waals surface area contributed by atoms with Gasteiger partial charge in [-0.3, -0.25) is 14.4 Å². The molecule has 0 bridgehead atoms. The van der Waals surface area contributed by atoms with Crippen molar-refractivity contribution in [3.8, 4) is 0 Å². The molecule has 128 valence electrons. The van der Waals surface area contributed by atoms with Gasteiger partial charge in [0.1, 0.15) is 0 Å². The molecule has 0 aliphatic carbocycles. The maximum Gasteiger partial charge on any atom is 0.226 e. The summed E-state index contributed by atoms with van der Waals surface area (Å²) in [5, 5.41) is 10.8. The Balaban J connectivity index is 1.46. The number of amides is 1. The Morgan fingerprint density at radius 2 is 2.17 bits per heavy atom. The average molecular weight is 327 g/mol. The Labute approximate surface area is 142 Å². The minimum atomic E-state index is 0.0365. The van der Waals surface area contributed by atoms with Crippen LogP contribution >= 0.6 is 0 Å². The van der Waals surface area contributed by atoms with Gasteiger partial charge in [-0.15, -0.1) is 5.10 Å². The molecule has 1 amide bonds. The molecule has 0 spiro atoms. The number of carbonyl (C=O) groups excluding carboxylic acids is 1. The molecule has 0 saturated carbocycles. The first-order chi connectivity index (χ1) is 11.6. The van der Waals surface area contributed by atoms with Crippen molar-refractivity contribution in [2.45, 2.75) is 32.4 Å². The Kier molecular flexibility index (Phi) is 5.25. The second-order valence-electron chi connectivity index (χ2n) is 6.65. The number of hydrogen-bond donors (Lipinski definition) is 1. The van der Waals surface area contributed by atoms with Gasteiger partial charge < -0.3 is 5.32 Å². The van der Waals surface area contributed by atoms with Gasteiger partial charge in [-0.25, -0.2) is 0 Å². The smallest absolute Gasteiger partial charge is 0.226 e. The molecule has 2 aromatic rings. The highest BCUT2D eigenvalue weighted by Gasteiger charge is 2.28. The molecule has 6 heteroatoms. The SMILES string of the molecule is CC(NC(=O)Cc1cnnn1C)C1CCN(Cc2ccccc2)C1. The first kappa shape index (κ1) is 16.6. The monoisotopic (exact) mass is 327 g/mol. The first-order valence-corrected chi connectivity index (χ1v) is 8.51. The summed E-state index contributed by atoms with van der Waals surface area (Å²) in [6.45, 7) is 5.21. The Morgan fingerprint density at radius 1 is 1.38 bits per heavy atom. The third kappa shape index (κ3) is 4.20. The molecular weight excluding hydrogens is 302 g/mol. The fraction of sp³-hybridized carbons (Fsp3) is 0.500. The zero-order valence-electron chi connectivity index (χ0n) is 14.4. The van der Waals surface area contributed by atoms with Crippen LogP contribution in [0.5, 0.6) is 0 Å². The van der Waals surface area contributed by atoms with Crippen LogP contribution in [-0.2, 0) is 24.8 Å². The Morgan fingerprint density at radius 3 is 2.88 bits per heavy atom. The van der Waals surface area contributed by atoms with E-state index in [0.29, 0.717) is 12.3 Å². The van der Waals surface area contributed by atoms with Crippen LogP contribution < -0.4 is 5.32 Å². The fourth-order valence-corrected chi connectivity index (χ4v) is 3.31. The third-order valence-corrected chi connectivity index (χ3v) is 4.80. The highest BCUT2D eigenvalue weighted by Crippen LogP contribution is 2.21. The number of carbonyl (C=O) groups is 1. The van der Waals surface area contributed by atoms with Crippen LogP contribution in [0.15, 0.2) is 36.5 Å². The van der Waals surface area contributed by atoms with E-state index in [2.05, 4.69) is 51.7 Å². The van der Waals surface area contributed by atoms with E-state index in [4.69, 9.17) is 0 Å². The molecule has 1 fully saturated rings. The predicted octanol–water partition coefficient (Wildman–Crippen LogP) is 1.38. The number of benzene rings is 1. The van der Waals surface area contributed by atoms with Crippen LogP contribution in [0.3, 0.4) is 0 Å². The van der Waals surface area contributed by atoms with Crippen LogP contribution in [-0.4, -0.2) is 44.9 Å². The number of aromatic nitrogens is 3. The van der Waals surface area contributed by atoms with Crippen LogP contribution in [0.1, 0.15) is 24.6 Å². The van der Waals surface area contributed by atoms with Crippen molar-refractivity contribution in [2.24, 2.45) is 13.0 Å². The summed E-state index contributed by atoms with van der Waals surface area (Å²) in [6.07, 6.45) is 3.09. The zero-order chi connectivity index (χ0) is 16.9. The maximum absolute atomic E-state index is 12.2. The molecule has 2 unspecified atom stereocenters. The summed E-state index contributed by atoms with van der Waals surface area (Å²) >= 11 is 0. The number of rotatable bonds is 6. The van der Waals surface area contributed by atoms with E-state index in [1.165, 1.54) is 5.56 Å². The number of nitrogens with zero attached hydrogens (tertiary/aromatic N) is 4. The normalized spacial score (nSPS) is 19.3. The molecule has 2 heterocycles. The lowest BCUT2D eigenvalue weighted by Crippen LogP contribution is -2.40. The maximum atomic E-state index is 12.2. The van der Waals surface area contributed by atoms with Crippen molar-refractivity contribution in [3.05, 3.63) is 47.8 Å². The number of aryl methyl sites for hydroxylation is 1. The van der Waals surface area contributed by atoms with E-state index >= 15 is 0 Å². The minimum absolute atomic E-state index is 0.0365. The quantitative estimate of drug-likeness (QED) is 0.871. The van der Waals surface area contributed by atoms with Crippen LogP contribution in [0.4, 0.5) is 0 Å². The van der Waals surface area contributed by atoms with Crippen molar-refractivity contribution in [3.63, 3.8) is 0 Å². The van der Waals surface area contributed by atoms with Gasteiger partial charge in [-0.2, -0.15) is 0 Å². The second-order valence-corrected chi connectivity index (χ2v) is 6.65. The predicted molar refractivity (Wildman–Crippen MR) is 92.1 cm³/mol. The van der Waals surface area contributed by atoms with Gasteiger partial charge in [0.05, 0.1) is 18.3 Å². The summed E-state index contributed by atoms with van der Waals surface area (Å²) in [7, 11) is 1.80. The molecule has 0 radical (unpaired) electrons. The Hall–Kier alpha value is -2.21. The van der Waals surface area contributed by atoms with Crippen molar-refractivity contribution in [2.75, 3.05) is 13.1 Å². The highest BCUT2D eigenvalue weighted by atomic mass is 16.1. The van der Waals surface area contributed by atoms with E-state index in [9.17, 15) is 4.79 Å². The summed E-state index contributed by atoms with van der Waals surface area (Å²) in [5.74, 6) is 0.539. The van der Waals surface area contributed by atoms with Crippen molar-refractivity contribution in [1.82, 2.24) is 25.2 Å². The lowest BCUT2D eigenvalue weighted by atomic mass is 10.0. The number of likely N-dealkylation sites (tertiary alicyclic amines) is 1. The average Bonchev–Trinajstić information content (AvgIpc) is 3.18. The Bertz CT molecular complexity index is 669. The van der Waals surface area contributed by atoms with E-state index in [0.717, 1.165) is 31.7 Å². The van der Waals surface area contributed by atoms with Crippen LogP contribution in [0.2, 0.25) is 0 Å². The summed E-state index contributed by atoms with van der Waals surface area (Å²) in [6, 6.07) is 10.7. The molecule has 1 aromatic carbocycles. The number of hydrogen-bond acceptors (Lipinski definition) is 4. The molecular formula is C18H25N5O. The van der Waals surface area contributed by atoms with Gasteiger partial charge in [0.25, 0.3) is 0 Å². The first-order valence-electron chi connectivity index (χ1n) is 8.51. The van der Waals surface area contributed by atoms with Crippen LogP contribution in [0.25, 0.3) is 0 Å². The van der Waals surface area contributed by atoms with E-state index in [1.54, 1.807) is 17.9 Å². The summed E-state index contributed by atoms with van der Waals surface area (Å²) in [4.78, 5) is 14.7. The van der Waals surface area contributed by atoms with Gasteiger partial charge in [-0.05, 0) is 31.4 Å². The topological polar surface area (TPSA) is 63.1 Å². The van der Waals surface area contributed by atoms with Gasteiger partial charge >= 0.3 is 0 Å². The molecule has 1 aliphatic heterocycles. The molecule has 24 heavy (non-hydrogen) atoms. The van der Waals surface area contributed by atoms with Gasteiger partial charge in [0.15, 0.2) is 0 Å². The van der Waals surface area contributed by atoms with Crippen molar-refractivity contribution >= 4 is 5.91 Å². The van der Waals surface area contributed by atoms with Crippen LogP contribution in [0, 0.1) is 5.92 Å². The summed E-state index contributed by atoms with van der Waals surface area (Å²) < 4.78 is 1.64. The van der Waals surface area contributed by atoms with Gasteiger partial charge in [-0.1, -0.05) is 35.5 Å². The third-order valence-electron chi connectivity index (χ3n) is 4.80. The minimum Gasteiger partial charge on any atom is -0.353 e. The number of nitrogens with one attached hydrogen (secondary N) is 1. The van der Waals surface area contributed by atoms with E-state index in [-0.39, 0.29) is 11.9 Å². The largest absolute Gasteiger partial charge is 0.353 e. The molecule has 3 rings (SSSR count). The molecule has 1 saturated heterocycles. The standard InChI is InChI=1S/C18H25N5O/c1-14(20-18(24)10-17-11-19-21-22(17)2)16-8-9-23(13-16)12-15-6-4-3-5-7-15/h3-7,11,14,16H,8-10,12-13H2,1-2H3,(H,20,24). The lowest BCUT2D eigenvalue weighted by Gasteiger charge is -2.22. The summed E-state index contributed by atoms with van der Waals surface area (Å²) in [5.41, 5.74) is 2.18. The second kappa shape index (κ2) is 7.57. The van der Waals surface area contributed by atoms with E-state index in [1.807, 2.05) is 6.07 Å². The van der Waals surface area contributed by atoms with Crippen molar-refractivity contribution in [1.29, 1.82) is 0 Å². The molecule has 6 nitrogen and oxygen atoms in total. The molecule has 1 aromatic heterocycles. The highest BCUT2D eigenvalue weighted by molar-refractivity contribution is 5.78. The lowest BCUT2D eigenvalue weighted by molar-refractivity contribution is -0.121. The van der Waals surface area contributed by atoms with Crippen molar-refractivity contribution < 1.29 is 4.79 Å². The van der Waals surface area contributed by atoms with Gasteiger partial charge in [0, 0.05) is 26.2 Å². The van der Waals surface area contributed by atoms with E-state index < -0.39 is 0 Å². The fourth-order valence-electron chi connectivity index (χ4n) is 3.31. The molecule has 1 N–H and O–H groups in total. The molecule has 1 aliphatic rings. The van der Waals surface area contributed by atoms with Gasteiger partial charge in [0.2, 0.25) is 5.91 Å². The molecule has 2 atom stereocenters.